The van der Waals surface area contributed by atoms with Gasteiger partial charge < -0.3 is 10.1 Å². The number of halogens is 1. The van der Waals surface area contributed by atoms with Crippen LogP contribution in [0.4, 0.5) is 0 Å². The van der Waals surface area contributed by atoms with Gasteiger partial charge in [-0.15, -0.1) is 0 Å². The summed E-state index contributed by atoms with van der Waals surface area (Å²) in [7, 11) is 0. The molecule has 1 N–H and O–H groups in total. The molecule has 0 aliphatic heterocycles. The first kappa shape index (κ1) is 15.9. The lowest BCUT2D eigenvalue weighted by molar-refractivity contribution is 0.341. The molecule has 0 saturated heterocycles. The van der Waals surface area contributed by atoms with Crippen LogP contribution in [0.15, 0.2) is 42.5 Å². The molecule has 0 fully saturated rings. The fraction of sp³-hybridized carbons (Fsp3) is 0.333. The van der Waals surface area contributed by atoms with Gasteiger partial charge in [0.05, 0.1) is 6.61 Å². The molecule has 0 atom stereocenters. The molecule has 112 valence electrons. The highest BCUT2D eigenvalue weighted by atomic mass is 35.5. The number of nitrogens with one attached hydrogen (secondary N) is 1. The van der Waals surface area contributed by atoms with E-state index in [4.69, 9.17) is 16.3 Å². The van der Waals surface area contributed by atoms with Crippen molar-refractivity contribution in [3.63, 3.8) is 0 Å². The van der Waals surface area contributed by atoms with Crippen LogP contribution in [0.25, 0.3) is 11.1 Å². The smallest absolute Gasteiger partial charge is 0.127 e. The number of ether oxygens (including phenoxy) is 1. The van der Waals surface area contributed by atoms with Crippen molar-refractivity contribution in [1.82, 2.24) is 5.32 Å². The van der Waals surface area contributed by atoms with Gasteiger partial charge in [0, 0.05) is 23.2 Å². The number of para-hydroxylation sites is 1. The van der Waals surface area contributed by atoms with Crippen LogP contribution in [-0.2, 0) is 6.54 Å². The minimum absolute atomic E-state index is 0.444. The second kappa shape index (κ2) is 7.48. The van der Waals surface area contributed by atoms with Crippen LogP contribution in [0.5, 0.6) is 5.75 Å². The van der Waals surface area contributed by atoms with Gasteiger partial charge in [-0.2, -0.15) is 0 Å². The third kappa shape index (κ3) is 4.23. The van der Waals surface area contributed by atoms with Gasteiger partial charge in [-0.05, 0) is 30.2 Å². The molecule has 0 saturated carbocycles. The molecule has 0 aromatic heterocycles. The van der Waals surface area contributed by atoms with E-state index in [0.29, 0.717) is 12.6 Å². The van der Waals surface area contributed by atoms with Crippen molar-refractivity contribution in [2.45, 2.75) is 33.4 Å². The lowest BCUT2D eigenvalue weighted by Gasteiger charge is -2.13. The van der Waals surface area contributed by atoms with Gasteiger partial charge in [0.1, 0.15) is 5.75 Å². The van der Waals surface area contributed by atoms with Crippen molar-refractivity contribution in [1.29, 1.82) is 0 Å². The van der Waals surface area contributed by atoms with Crippen LogP contribution in [-0.4, -0.2) is 12.6 Å². The molecule has 0 aliphatic rings. The maximum absolute atomic E-state index is 6.41. The van der Waals surface area contributed by atoms with Gasteiger partial charge in [-0.25, -0.2) is 0 Å². The predicted molar refractivity (Wildman–Crippen MR) is 90.0 cm³/mol. The lowest BCUT2D eigenvalue weighted by atomic mass is 10.0. The van der Waals surface area contributed by atoms with Crippen LogP contribution >= 0.6 is 11.6 Å². The second-order valence-corrected chi connectivity index (χ2v) is 5.68. The zero-order valence-electron chi connectivity index (χ0n) is 12.8. The molecule has 2 rings (SSSR count). The summed E-state index contributed by atoms with van der Waals surface area (Å²) < 4.78 is 5.69. The molecule has 0 heterocycles. The summed E-state index contributed by atoms with van der Waals surface area (Å²) >= 11 is 6.41. The van der Waals surface area contributed by atoms with Crippen molar-refractivity contribution >= 4 is 11.6 Å². The maximum atomic E-state index is 6.41. The molecule has 0 amide bonds. The third-order valence-corrected chi connectivity index (χ3v) is 3.60. The molecule has 0 unspecified atom stereocenters. The first-order valence-electron chi connectivity index (χ1n) is 7.35. The summed E-state index contributed by atoms with van der Waals surface area (Å²) in [6.45, 7) is 7.68. The molecule has 3 heteroatoms. The maximum Gasteiger partial charge on any atom is 0.127 e. The average molecular weight is 304 g/mol. The highest BCUT2D eigenvalue weighted by Gasteiger charge is 2.08. The monoisotopic (exact) mass is 303 g/mol. The Labute approximate surface area is 132 Å². The van der Waals surface area contributed by atoms with Crippen LogP contribution in [0.1, 0.15) is 26.3 Å². The molecule has 2 nitrogen and oxygen atoms in total. The summed E-state index contributed by atoms with van der Waals surface area (Å²) in [6.07, 6.45) is 0. The summed E-state index contributed by atoms with van der Waals surface area (Å²) in [4.78, 5) is 0. The average Bonchev–Trinajstić information content (AvgIpc) is 2.47. The minimum Gasteiger partial charge on any atom is -0.493 e. The minimum atomic E-state index is 0.444. The molecule has 0 spiro atoms. The highest BCUT2D eigenvalue weighted by molar-refractivity contribution is 6.31. The van der Waals surface area contributed by atoms with Crippen LogP contribution in [0, 0.1) is 0 Å². The standard InChI is InChI=1S/C18H22ClNO/c1-4-21-18-8-6-5-7-16(18)14-9-10-15(17(19)11-14)12-20-13(2)3/h5-11,13,20H,4,12H2,1-3H3. The van der Waals surface area contributed by atoms with Gasteiger partial charge in [0.25, 0.3) is 0 Å². The topological polar surface area (TPSA) is 21.3 Å². The first-order valence-corrected chi connectivity index (χ1v) is 7.73. The van der Waals surface area contributed by atoms with Gasteiger partial charge >= 0.3 is 0 Å². The summed E-state index contributed by atoms with van der Waals surface area (Å²) in [5.41, 5.74) is 3.27. The van der Waals surface area contributed by atoms with E-state index in [9.17, 15) is 0 Å². The molecular formula is C18H22ClNO. The molecule has 0 radical (unpaired) electrons. The number of hydrogen-bond acceptors (Lipinski definition) is 2. The van der Waals surface area contributed by atoms with Gasteiger partial charge in [-0.1, -0.05) is 55.8 Å². The van der Waals surface area contributed by atoms with Crippen molar-refractivity contribution < 1.29 is 4.74 Å². The van der Waals surface area contributed by atoms with E-state index in [2.05, 4.69) is 37.4 Å². The molecule has 2 aromatic rings. The third-order valence-electron chi connectivity index (χ3n) is 3.25. The summed E-state index contributed by atoms with van der Waals surface area (Å²) in [6, 6.07) is 14.7. The van der Waals surface area contributed by atoms with E-state index in [1.165, 1.54) is 0 Å². The fourth-order valence-corrected chi connectivity index (χ4v) is 2.41. The van der Waals surface area contributed by atoms with Gasteiger partial charge in [-0.3, -0.25) is 0 Å². The van der Waals surface area contributed by atoms with Crippen molar-refractivity contribution in [2.75, 3.05) is 6.61 Å². The number of rotatable bonds is 6. The van der Waals surface area contributed by atoms with E-state index in [1.807, 2.05) is 31.2 Å². The highest BCUT2D eigenvalue weighted by Crippen LogP contribution is 2.32. The number of benzene rings is 2. The largest absolute Gasteiger partial charge is 0.493 e. The summed E-state index contributed by atoms with van der Waals surface area (Å²) in [5, 5.41) is 4.17. The summed E-state index contributed by atoms with van der Waals surface area (Å²) in [5.74, 6) is 0.893. The lowest BCUT2D eigenvalue weighted by Crippen LogP contribution is -2.21. The zero-order valence-corrected chi connectivity index (χ0v) is 13.6. The van der Waals surface area contributed by atoms with Crippen LogP contribution in [0.3, 0.4) is 0 Å². The Hall–Kier alpha value is -1.51. The Bertz CT molecular complexity index is 596. The molecule has 2 aromatic carbocycles. The Morgan fingerprint density at radius 2 is 1.90 bits per heavy atom. The van der Waals surface area contributed by atoms with Crippen molar-refractivity contribution in [2.24, 2.45) is 0 Å². The zero-order chi connectivity index (χ0) is 15.2. The van der Waals surface area contributed by atoms with Gasteiger partial charge in [0.2, 0.25) is 0 Å². The first-order chi connectivity index (χ1) is 10.1. The SMILES string of the molecule is CCOc1ccccc1-c1ccc(CNC(C)C)c(Cl)c1. The van der Waals surface area contributed by atoms with E-state index in [0.717, 1.165) is 34.0 Å². The normalized spacial score (nSPS) is 10.9. The Morgan fingerprint density at radius 1 is 1.14 bits per heavy atom. The van der Waals surface area contributed by atoms with Crippen molar-refractivity contribution in [3.05, 3.63) is 53.1 Å². The quantitative estimate of drug-likeness (QED) is 0.819. The Morgan fingerprint density at radius 3 is 2.57 bits per heavy atom. The molecule has 0 aliphatic carbocycles. The number of hydrogen-bond donors (Lipinski definition) is 1. The fourth-order valence-electron chi connectivity index (χ4n) is 2.16. The Balaban J connectivity index is 2.27. The van der Waals surface area contributed by atoms with E-state index < -0.39 is 0 Å². The van der Waals surface area contributed by atoms with Crippen LogP contribution < -0.4 is 10.1 Å². The van der Waals surface area contributed by atoms with E-state index in [1.54, 1.807) is 0 Å². The van der Waals surface area contributed by atoms with Gasteiger partial charge in [0.15, 0.2) is 0 Å². The molecule has 21 heavy (non-hydrogen) atoms. The van der Waals surface area contributed by atoms with E-state index in [-0.39, 0.29) is 0 Å². The van der Waals surface area contributed by atoms with E-state index >= 15 is 0 Å². The van der Waals surface area contributed by atoms with Crippen LogP contribution in [0.2, 0.25) is 5.02 Å². The molecule has 0 bridgehead atoms. The second-order valence-electron chi connectivity index (χ2n) is 5.27. The predicted octanol–water partition coefficient (Wildman–Crippen LogP) is 4.90. The van der Waals surface area contributed by atoms with Crippen molar-refractivity contribution in [3.8, 4) is 16.9 Å². The Kier molecular flexibility index (Phi) is 5.66. The molecular weight excluding hydrogens is 282 g/mol.